The number of rotatable bonds is 9. The number of aliphatic hydroxyl groups excluding tert-OH is 1. The Morgan fingerprint density at radius 1 is 0.960 bits per heavy atom. The normalized spacial score (nSPS) is 29.5. The van der Waals surface area contributed by atoms with Crippen LogP contribution in [0.5, 0.6) is 0 Å². The molecule has 1 aliphatic rings. The molecule has 25 heavy (non-hydrogen) atoms. The molecule has 1 heterocycles. The van der Waals surface area contributed by atoms with E-state index in [0.717, 1.165) is 0 Å². The first-order chi connectivity index (χ1) is 11.5. The van der Waals surface area contributed by atoms with Crippen LogP contribution in [0.4, 0.5) is 0 Å². The van der Waals surface area contributed by atoms with Crippen molar-refractivity contribution >= 4 is 23.9 Å². The molecule has 0 bridgehead atoms. The summed E-state index contributed by atoms with van der Waals surface area (Å²) in [6.07, 6.45) is -1.000. The largest absolute Gasteiger partial charge is 0.481 e. The van der Waals surface area contributed by atoms with Gasteiger partial charge < -0.3 is 30.3 Å². The molecule has 0 amide bonds. The van der Waals surface area contributed by atoms with Gasteiger partial charge in [0, 0.05) is 11.8 Å². The number of hydrogen-bond acceptors (Lipinski definition) is 6. The zero-order valence-electron chi connectivity index (χ0n) is 13.0. The minimum absolute atomic E-state index is 0.658. The second-order valence-corrected chi connectivity index (χ2v) is 5.81. The third kappa shape index (κ3) is 4.68. The zero-order valence-corrected chi connectivity index (χ0v) is 13.0. The van der Waals surface area contributed by atoms with Crippen LogP contribution in [0.25, 0.3) is 0 Å². The van der Waals surface area contributed by atoms with Crippen molar-refractivity contribution in [2.24, 2.45) is 11.8 Å². The molecule has 0 aromatic rings. The first-order valence-electron chi connectivity index (χ1n) is 7.22. The Morgan fingerprint density at radius 2 is 1.48 bits per heavy atom. The summed E-state index contributed by atoms with van der Waals surface area (Å²) < 4.78 is 5.47. The molecule has 0 radical (unpaired) electrons. The van der Waals surface area contributed by atoms with Crippen LogP contribution >= 0.6 is 0 Å². The van der Waals surface area contributed by atoms with Crippen LogP contribution in [-0.2, 0) is 23.9 Å². The van der Waals surface area contributed by atoms with E-state index >= 15 is 0 Å². The van der Waals surface area contributed by atoms with E-state index in [-0.39, 0.29) is 0 Å². The number of carboxylic acids is 4. The Labute approximate surface area is 142 Å². The molecular formula is C15H18O10. The van der Waals surface area contributed by atoms with E-state index in [0.29, 0.717) is 0 Å². The molecule has 0 spiro atoms. The van der Waals surface area contributed by atoms with Crippen molar-refractivity contribution in [3.8, 4) is 12.3 Å². The Bertz CT molecular complexity index is 606. The van der Waals surface area contributed by atoms with Gasteiger partial charge in [0.1, 0.15) is 11.7 Å². The highest BCUT2D eigenvalue weighted by Crippen LogP contribution is 2.49. The van der Waals surface area contributed by atoms with Crippen molar-refractivity contribution in [1.29, 1.82) is 0 Å². The number of aliphatic hydroxyl groups is 1. The van der Waals surface area contributed by atoms with E-state index in [1.807, 2.05) is 5.92 Å². The van der Waals surface area contributed by atoms with Gasteiger partial charge in [-0.15, -0.1) is 6.42 Å². The predicted octanol–water partition coefficient (Wildman–Crippen LogP) is -0.751. The van der Waals surface area contributed by atoms with Crippen molar-refractivity contribution in [3.63, 3.8) is 0 Å². The molecule has 4 unspecified atom stereocenters. The third-order valence-corrected chi connectivity index (χ3v) is 4.22. The molecule has 5 N–H and O–H groups in total. The standard InChI is InChI=1S/C15H18O10/c1-2-10(16)15(6-14(23)24)8(4-12(19)20)7(3-11(17)18)9(25-15)5-13(21)22/h1,7-10,16H,3-6H2,(H,17,18)(H,19,20)(H,21,22)(H,23,24)/t7?,8?,9?,10-,15?/m0/s1. The summed E-state index contributed by atoms with van der Waals surface area (Å²) in [5, 5.41) is 46.4. The van der Waals surface area contributed by atoms with Crippen LogP contribution in [0.15, 0.2) is 0 Å². The van der Waals surface area contributed by atoms with Crippen LogP contribution in [0.1, 0.15) is 25.7 Å². The molecule has 10 nitrogen and oxygen atoms in total. The minimum atomic E-state index is -2.10. The molecule has 5 atom stereocenters. The highest BCUT2D eigenvalue weighted by atomic mass is 16.5. The Morgan fingerprint density at radius 3 is 1.88 bits per heavy atom. The monoisotopic (exact) mass is 358 g/mol. The smallest absolute Gasteiger partial charge is 0.306 e. The maximum absolute atomic E-state index is 11.2. The average Bonchev–Trinajstić information content (AvgIpc) is 2.71. The lowest BCUT2D eigenvalue weighted by molar-refractivity contribution is -0.163. The van der Waals surface area contributed by atoms with Crippen molar-refractivity contribution in [1.82, 2.24) is 0 Å². The minimum Gasteiger partial charge on any atom is -0.481 e. The van der Waals surface area contributed by atoms with Gasteiger partial charge in [0.25, 0.3) is 0 Å². The highest BCUT2D eigenvalue weighted by molar-refractivity contribution is 5.72. The number of terminal acetylenes is 1. The summed E-state index contributed by atoms with van der Waals surface area (Å²) in [4.78, 5) is 44.6. The lowest BCUT2D eigenvalue weighted by atomic mass is 9.71. The van der Waals surface area contributed by atoms with E-state index < -0.39 is 79.2 Å². The molecular weight excluding hydrogens is 340 g/mol. The van der Waals surface area contributed by atoms with E-state index in [2.05, 4.69) is 0 Å². The second-order valence-electron chi connectivity index (χ2n) is 5.81. The quantitative estimate of drug-likeness (QED) is 0.329. The van der Waals surface area contributed by atoms with Crippen LogP contribution in [-0.4, -0.2) is 67.2 Å². The lowest BCUT2D eigenvalue weighted by Gasteiger charge is -2.35. The average molecular weight is 358 g/mol. The van der Waals surface area contributed by atoms with E-state index in [9.17, 15) is 24.3 Å². The summed E-state index contributed by atoms with van der Waals surface area (Å²) in [5.41, 5.74) is -2.10. The maximum atomic E-state index is 11.2. The fraction of sp³-hybridized carbons (Fsp3) is 0.600. The summed E-state index contributed by atoms with van der Waals surface area (Å²) in [7, 11) is 0. The molecule has 0 aromatic carbocycles. The summed E-state index contributed by atoms with van der Waals surface area (Å²) in [5.74, 6) is -6.11. The van der Waals surface area contributed by atoms with Gasteiger partial charge in [-0.2, -0.15) is 0 Å². The molecule has 10 heteroatoms. The van der Waals surface area contributed by atoms with Gasteiger partial charge in [-0.3, -0.25) is 19.2 Å². The van der Waals surface area contributed by atoms with Crippen molar-refractivity contribution in [2.45, 2.75) is 43.5 Å². The topological polar surface area (TPSA) is 179 Å². The van der Waals surface area contributed by atoms with Gasteiger partial charge in [-0.05, 0) is 0 Å². The first-order valence-corrected chi connectivity index (χ1v) is 7.22. The van der Waals surface area contributed by atoms with Gasteiger partial charge >= 0.3 is 23.9 Å². The molecule has 1 saturated heterocycles. The Balaban J connectivity index is 3.45. The molecule has 0 aromatic heterocycles. The number of ether oxygens (including phenoxy) is 1. The van der Waals surface area contributed by atoms with E-state index in [4.69, 9.17) is 31.6 Å². The van der Waals surface area contributed by atoms with Crippen molar-refractivity contribution in [3.05, 3.63) is 0 Å². The number of hydrogen-bond donors (Lipinski definition) is 5. The third-order valence-electron chi connectivity index (χ3n) is 4.22. The van der Waals surface area contributed by atoms with Crippen LogP contribution in [0.2, 0.25) is 0 Å². The van der Waals surface area contributed by atoms with Gasteiger partial charge in [-0.1, -0.05) is 5.92 Å². The molecule has 1 aliphatic heterocycles. The Hall–Kier alpha value is -2.64. The number of carbonyl (C=O) groups is 4. The van der Waals surface area contributed by atoms with Crippen LogP contribution in [0.3, 0.4) is 0 Å². The van der Waals surface area contributed by atoms with Gasteiger partial charge in [-0.25, -0.2) is 0 Å². The van der Waals surface area contributed by atoms with Crippen LogP contribution in [0, 0.1) is 24.2 Å². The molecule has 138 valence electrons. The van der Waals surface area contributed by atoms with Crippen molar-refractivity contribution < 1.29 is 49.4 Å². The molecule has 1 fully saturated rings. The van der Waals surface area contributed by atoms with Gasteiger partial charge in [0.05, 0.1) is 31.8 Å². The highest BCUT2D eigenvalue weighted by Gasteiger charge is 2.60. The summed E-state index contributed by atoms with van der Waals surface area (Å²) in [6.45, 7) is 0. The predicted molar refractivity (Wildman–Crippen MR) is 78.4 cm³/mol. The van der Waals surface area contributed by atoms with E-state index in [1.165, 1.54) is 0 Å². The molecule has 0 saturated carbocycles. The summed E-state index contributed by atoms with van der Waals surface area (Å²) >= 11 is 0. The first kappa shape index (κ1) is 20.4. The number of carboxylic acid groups (broad SMARTS) is 4. The number of aliphatic carboxylic acids is 4. The second kappa shape index (κ2) is 7.96. The Kier molecular flexibility index (Phi) is 6.49. The van der Waals surface area contributed by atoms with Crippen LogP contribution < -0.4 is 0 Å². The van der Waals surface area contributed by atoms with Crippen molar-refractivity contribution in [2.75, 3.05) is 0 Å². The molecule has 1 rings (SSSR count). The molecule has 0 aliphatic carbocycles. The maximum Gasteiger partial charge on any atom is 0.306 e. The fourth-order valence-corrected chi connectivity index (χ4v) is 3.34. The van der Waals surface area contributed by atoms with Gasteiger partial charge in [0.15, 0.2) is 0 Å². The SMILES string of the molecule is C#C[C@H](O)C1(CC(=O)O)OC(CC(=O)O)C(CC(=O)O)C1CC(=O)O. The van der Waals surface area contributed by atoms with Gasteiger partial charge in [0.2, 0.25) is 0 Å². The van der Waals surface area contributed by atoms with E-state index in [1.54, 1.807) is 0 Å². The fourth-order valence-electron chi connectivity index (χ4n) is 3.34. The zero-order chi connectivity index (χ0) is 19.4. The summed E-state index contributed by atoms with van der Waals surface area (Å²) in [6, 6.07) is 0. The lowest BCUT2D eigenvalue weighted by Crippen LogP contribution is -2.50.